The first kappa shape index (κ1) is 11.7. The second kappa shape index (κ2) is 4.66. The van der Waals surface area contributed by atoms with Gasteiger partial charge in [-0.2, -0.15) is 0 Å². The standard InChI is InChI=1S/C7H9NO2S.Li/c1-4(2)5-3-11-6(8-5)7(9)10;/h3-4H,1-2H3,(H,9,10);/q;+1/p-1. The number of aromatic nitrogens is 1. The molecule has 1 aromatic heterocycles. The van der Waals surface area contributed by atoms with Crippen molar-refractivity contribution >= 4 is 17.3 Å². The van der Waals surface area contributed by atoms with E-state index in [0.29, 0.717) is 0 Å². The SMILES string of the molecule is CC(C)c1csc(C(=O)[O-])n1.[Li+]. The van der Waals surface area contributed by atoms with Crippen LogP contribution in [0.25, 0.3) is 0 Å². The third kappa shape index (κ3) is 2.63. The van der Waals surface area contributed by atoms with E-state index in [1.54, 1.807) is 5.38 Å². The van der Waals surface area contributed by atoms with E-state index in [-0.39, 0.29) is 29.8 Å². The van der Waals surface area contributed by atoms with Gasteiger partial charge in [-0.3, -0.25) is 0 Å². The van der Waals surface area contributed by atoms with E-state index in [1.165, 1.54) is 0 Å². The molecule has 0 fully saturated rings. The number of hydrogen-bond acceptors (Lipinski definition) is 4. The van der Waals surface area contributed by atoms with E-state index in [1.807, 2.05) is 13.8 Å². The molecule has 0 bridgehead atoms. The van der Waals surface area contributed by atoms with Crippen LogP contribution in [0.4, 0.5) is 0 Å². The number of thiazole rings is 1. The predicted molar refractivity (Wildman–Crippen MR) is 40.5 cm³/mol. The molecule has 0 unspecified atom stereocenters. The Balaban J connectivity index is 0.00000121. The molecule has 0 aliphatic carbocycles. The second-order valence-corrected chi connectivity index (χ2v) is 3.38. The van der Waals surface area contributed by atoms with Crippen molar-refractivity contribution < 1.29 is 28.8 Å². The van der Waals surface area contributed by atoms with Crippen LogP contribution in [0.3, 0.4) is 0 Å². The normalized spacial score (nSPS) is 9.58. The Labute approximate surface area is 87.0 Å². The fourth-order valence-electron chi connectivity index (χ4n) is 0.645. The van der Waals surface area contributed by atoms with Crippen molar-refractivity contribution in [1.82, 2.24) is 4.98 Å². The Kier molecular flexibility index (Phi) is 4.54. The molecular formula is C7H8LiNO2S. The minimum Gasteiger partial charge on any atom is -0.542 e. The second-order valence-electron chi connectivity index (χ2n) is 2.52. The molecule has 1 heterocycles. The van der Waals surface area contributed by atoms with Crippen molar-refractivity contribution in [2.45, 2.75) is 19.8 Å². The quantitative estimate of drug-likeness (QED) is 0.475. The number of carbonyl (C=O) groups is 1. The predicted octanol–water partition coefficient (Wildman–Crippen LogP) is -2.37. The van der Waals surface area contributed by atoms with Gasteiger partial charge in [0.05, 0.1) is 5.69 Å². The summed E-state index contributed by atoms with van der Waals surface area (Å²) in [5.41, 5.74) is 0.814. The van der Waals surface area contributed by atoms with Gasteiger partial charge in [0.2, 0.25) is 0 Å². The minimum atomic E-state index is -1.19. The maximum Gasteiger partial charge on any atom is 1.00 e. The van der Waals surface area contributed by atoms with Crippen molar-refractivity contribution in [3.63, 3.8) is 0 Å². The van der Waals surface area contributed by atoms with E-state index in [4.69, 9.17) is 0 Å². The zero-order valence-corrected chi connectivity index (χ0v) is 8.14. The Morgan fingerprint density at radius 3 is 2.50 bits per heavy atom. The molecule has 5 heteroatoms. The van der Waals surface area contributed by atoms with Gasteiger partial charge >= 0.3 is 18.9 Å². The summed E-state index contributed by atoms with van der Waals surface area (Å²) in [5.74, 6) is -0.916. The Bertz CT molecular complexity index is 272. The molecule has 1 rings (SSSR count). The van der Waals surface area contributed by atoms with Gasteiger partial charge in [-0.1, -0.05) is 13.8 Å². The van der Waals surface area contributed by atoms with Crippen molar-refractivity contribution in [3.05, 3.63) is 16.1 Å². The van der Waals surface area contributed by atoms with Gasteiger partial charge in [0.1, 0.15) is 11.0 Å². The van der Waals surface area contributed by atoms with Crippen LogP contribution >= 0.6 is 11.3 Å². The summed E-state index contributed by atoms with van der Waals surface area (Å²) < 4.78 is 0. The van der Waals surface area contributed by atoms with Crippen LogP contribution in [-0.2, 0) is 0 Å². The molecule has 1 aromatic rings. The number of rotatable bonds is 2. The maximum absolute atomic E-state index is 10.3. The van der Waals surface area contributed by atoms with Crippen LogP contribution in [0, 0.1) is 0 Å². The van der Waals surface area contributed by atoms with Gasteiger partial charge < -0.3 is 9.90 Å². The smallest absolute Gasteiger partial charge is 0.542 e. The van der Waals surface area contributed by atoms with Crippen molar-refractivity contribution in [1.29, 1.82) is 0 Å². The zero-order valence-electron chi connectivity index (χ0n) is 7.33. The summed E-state index contributed by atoms with van der Waals surface area (Å²) in [7, 11) is 0. The first-order valence-corrected chi connectivity index (χ1v) is 4.16. The summed E-state index contributed by atoms with van der Waals surface area (Å²) in [4.78, 5) is 14.1. The van der Waals surface area contributed by atoms with E-state index in [9.17, 15) is 9.90 Å². The topological polar surface area (TPSA) is 53.0 Å². The average Bonchev–Trinajstić information content (AvgIpc) is 2.33. The van der Waals surface area contributed by atoms with Gasteiger partial charge in [0.25, 0.3) is 0 Å². The fraction of sp³-hybridized carbons (Fsp3) is 0.429. The monoisotopic (exact) mass is 177 g/mol. The van der Waals surface area contributed by atoms with Crippen LogP contribution in [0.1, 0.15) is 35.3 Å². The zero-order chi connectivity index (χ0) is 8.43. The first-order valence-electron chi connectivity index (χ1n) is 3.28. The molecule has 0 atom stereocenters. The molecule has 0 spiro atoms. The third-order valence-electron chi connectivity index (χ3n) is 1.29. The molecule has 0 N–H and O–H groups in total. The number of carboxylic acids is 1. The third-order valence-corrected chi connectivity index (χ3v) is 2.13. The summed E-state index contributed by atoms with van der Waals surface area (Å²) in [6.07, 6.45) is 0. The molecule has 60 valence electrons. The summed E-state index contributed by atoms with van der Waals surface area (Å²) in [5, 5.41) is 12.1. The first-order chi connectivity index (χ1) is 5.11. The average molecular weight is 177 g/mol. The molecule has 0 saturated carbocycles. The molecule has 3 nitrogen and oxygen atoms in total. The molecule has 12 heavy (non-hydrogen) atoms. The number of aromatic carboxylic acids is 1. The van der Waals surface area contributed by atoms with E-state index < -0.39 is 5.97 Å². The summed E-state index contributed by atoms with van der Waals surface area (Å²) in [6, 6.07) is 0. The molecule has 0 aliphatic heterocycles. The Morgan fingerprint density at radius 1 is 1.67 bits per heavy atom. The van der Waals surface area contributed by atoms with Gasteiger partial charge in [-0.25, -0.2) is 4.98 Å². The Morgan fingerprint density at radius 2 is 2.25 bits per heavy atom. The van der Waals surface area contributed by atoms with E-state index in [2.05, 4.69) is 4.98 Å². The van der Waals surface area contributed by atoms with Crippen LogP contribution in [0.5, 0.6) is 0 Å². The maximum atomic E-state index is 10.3. The fourth-order valence-corrected chi connectivity index (χ4v) is 1.46. The van der Waals surface area contributed by atoms with E-state index in [0.717, 1.165) is 17.0 Å². The van der Waals surface area contributed by atoms with Crippen molar-refractivity contribution in [3.8, 4) is 0 Å². The van der Waals surface area contributed by atoms with Crippen molar-refractivity contribution in [2.24, 2.45) is 0 Å². The number of carboxylic acid groups (broad SMARTS) is 1. The molecular weight excluding hydrogens is 169 g/mol. The Hall–Kier alpha value is -0.303. The van der Waals surface area contributed by atoms with Crippen molar-refractivity contribution in [2.75, 3.05) is 0 Å². The van der Waals surface area contributed by atoms with Gasteiger partial charge in [-0.15, -0.1) is 11.3 Å². The van der Waals surface area contributed by atoms with Crippen LogP contribution in [0.15, 0.2) is 5.38 Å². The van der Waals surface area contributed by atoms with Crippen LogP contribution in [-0.4, -0.2) is 11.0 Å². The van der Waals surface area contributed by atoms with E-state index >= 15 is 0 Å². The van der Waals surface area contributed by atoms with Gasteiger partial charge in [0.15, 0.2) is 0 Å². The van der Waals surface area contributed by atoms with Crippen LogP contribution in [0.2, 0.25) is 0 Å². The molecule has 0 radical (unpaired) electrons. The van der Waals surface area contributed by atoms with Gasteiger partial charge in [-0.05, 0) is 5.92 Å². The number of nitrogens with zero attached hydrogens (tertiary/aromatic N) is 1. The number of hydrogen-bond donors (Lipinski definition) is 0. The minimum absolute atomic E-state index is 0. The largest absolute Gasteiger partial charge is 1.00 e. The molecule has 0 aromatic carbocycles. The van der Waals surface area contributed by atoms with Crippen LogP contribution < -0.4 is 24.0 Å². The molecule has 0 saturated heterocycles. The molecule has 0 amide bonds. The molecule has 0 aliphatic rings. The summed E-state index contributed by atoms with van der Waals surface area (Å²) >= 11 is 1.11. The van der Waals surface area contributed by atoms with Gasteiger partial charge in [0, 0.05) is 5.38 Å². The summed E-state index contributed by atoms with van der Waals surface area (Å²) in [6.45, 7) is 3.93. The number of carbonyl (C=O) groups excluding carboxylic acids is 1.